The minimum absolute atomic E-state index is 0.179. The summed E-state index contributed by atoms with van der Waals surface area (Å²) in [6, 6.07) is 0.252. The van der Waals surface area contributed by atoms with E-state index in [2.05, 4.69) is 31.1 Å². The Labute approximate surface area is 124 Å². The Bertz CT molecular complexity index is 301. The number of nitrogens with zero attached hydrogens (tertiary/aromatic N) is 1. The minimum Gasteiger partial charge on any atom is -0.468 e. The second kappa shape index (κ2) is 7.99. The molecule has 4 nitrogen and oxygen atoms in total. The van der Waals surface area contributed by atoms with Crippen LogP contribution in [0.3, 0.4) is 0 Å². The lowest BCUT2D eigenvalue weighted by atomic mass is 9.88. The van der Waals surface area contributed by atoms with E-state index in [0.717, 1.165) is 12.5 Å². The summed E-state index contributed by atoms with van der Waals surface area (Å²) in [4.78, 5) is 14.4. The highest BCUT2D eigenvalue weighted by Gasteiger charge is 2.36. The van der Waals surface area contributed by atoms with Crippen LogP contribution in [-0.2, 0) is 9.53 Å². The molecule has 0 spiro atoms. The number of hydrogen-bond donors (Lipinski definition) is 1. The van der Waals surface area contributed by atoms with Gasteiger partial charge >= 0.3 is 5.97 Å². The number of ether oxygens (including phenoxy) is 1. The molecule has 0 aromatic rings. The van der Waals surface area contributed by atoms with Crippen LogP contribution in [0.5, 0.6) is 0 Å². The molecule has 1 fully saturated rings. The molecular formula is C16H32N2O2. The molecule has 0 aromatic carbocycles. The van der Waals surface area contributed by atoms with Crippen LogP contribution >= 0.6 is 0 Å². The molecular weight excluding hydrogens is 252 g/mol. The summed E-state index contributed by atoms with van der Waals surface area (Å²) in [5, 5.41) is 3.36. The molecule has 118 valence electrons. The number of esters is 1. The van der Waals surface area contributed by atoms with Crippen molar-refractivity contribution in [2.45, 2.75) is 64.5 Å². The standard InChI is InChI=1S/C16H32N2O2/c1-13(2)17-16(3,15(19)20-5)12-18(4)11-14-9-7-6-8-10-14/h13-14,17H,6-12H2,1-5H3. The van der Waals surface area contributed by atoms with E-state index >= 15 is 0 Å². The van der Waals surface area contributed by atoms with Crippen LogP contribution < -0.4 is 5.32 Å². The summed E-state index contributed by atoms with van der Waals surface area (Å²) >= 11 is 0. The molecule has 1 aliphatic rings. The number of carbonyl (C=O) groups excluding carboxylic acids is 1. The Balaban J connectivity index is 2.56. The van der Waals surface area contributed by atoms with Crippen molar-refractivity contribution in [3.05, 3.63) is 0 Å². The van der Waals surface area contributed by atoms with E-state index in [4.69, 9.17) is 4.74 Å². The molecule has 1 aliphatic carbocycles. The molecule has 0 radical (unpaired) electrons. The van der Waals surface area contributed by atoms with Gasteiger partial charge in [-0.1, -0.05) is 19.3 Å². The zero-order valence-electron chi connectivity index (χ0n) is 13.9. The lowest BCUT2D eigenvalue weighted by Crippen LogP contribution is -2.59. The minimum atomic E-state index is -0.633. The van der Waals surface area contributed by atoms with Crippen molar-refractivity contribution in [2.24, 2.45) is 5.92 Å². The average Bonchev–Trinajstić information content (AvgIpc) is 2.37. The summed E-state index contributed by atoms with van der Waals surface area (Å²) in [6.45, 7) is 7.82. The number of methoxy groups -OCH3 is 1. The molecule has 1 unspecified atom stereocenters. The first-order valence-electron chi connectivity index (χ1n) is 7.92. The van der Waals surface area contributed by atoms with E-state index < -0.39 is 5.54 Å². The Morgan fingerprint density at radius 2 is 1.95 bits per heavy atom. The van der Waals surface area contributed by atoms with Crippen LogP contribution in [0, 0.1) is 5.92 Å². The van der Waals surface area contributed by atoms with Gasteiger partial charge in [0.2, 0.25) is 0 Å². The Hall–Kier alpha value is -0.610. The Kier molecular flexibility index (Phi) is 6.96. The van der Waals surface area contributed by atoms with Gasteiger partial charge in [-0.3, -0.25) is 10.1 Å². The van der Waals surface area contributed by atoms with Gasteiger partial charge in [-0.2, -0.15) is 0 Å². The Morgan fingerprint density at radius 3 is 2.45 bits per heavy atom. The van der Waals surface area contributed by atoms with Crippen molar-refractivity contribution in [1.29, 1.82) is 0 Å². The lowest BCUT2D eigenvalue weighted by molar-refractivity contribution is -0.149. The smallest absolute Gasteiger partial charge is 0.327 e. The quantitative estimate of drug-likeness (QED) is 0.729. The van der Waals surface area contributed by atoms with E-state index in [1.165, 1.54) is 39.2 Å². The van der Waals surface area contributed by atoms with Crippen LogP contribution in [0.4, 0.5) is 0 Å². The number of carbonyl (C=O) groups is 1. The molecule has 1 N–H and O–H groups in total. The third kappa shape index (κ3) is 5.41. The predicted octanol–water partition coefficient (Wildman–Crippen LogP) is 2.43. The molecule has 0 heterocycles. The molecule has 0 aliphatic heterocycles. The maximum Gasteiger partial charge on any atom is 0.327 e. The molecule has 20 heavy (non-hydrogen) atoms. The van der Waals surface area contributed by atoms with E-state index in [-0.39, 0.29) is 12.0 Å². The van der Waals surface area contributed by atoms with Gasteiger partial charge in [-0.15, -0.1) is 0 Å². The number of rotatable bonds is 7. The van der Waals surface area contributed by atoms with E-state index in [9.17, 15) is 4.79 Å². The molecule has 1 rings (SSSR count). The summed E-state index contributed by atoms with van der Waals surface area (Å²) in [5.74, 6) is 0.608. The maximum absolute atomic E-state index is 12.1. The number of hydrogen-bond acceptors (Lipinski definition) is 4. The highest BCUT2D eigenvalue weighted by molar-refractivity contribution is 5.80. The molecule has 1 saturated carbocycles. The summed E-state index contributed by atoms with van der Waals surface area (Å²) < 4.78 is 4.98. The zero-order chi connectivity index (χ0) is 15.2. The van der Waals surface area contributed by atoms with Gasteiger partial charge in [0.15, 0.2) is 0 Å². The van der Waals surface area contributed by atoms with Gasteiger partial charge in [-0.05, 0) is 46.6 Å². The topological polar surface area (TPSA) is 41.6 Å². The monoisotopic (exact) mass is 284 g/mol. The van der Waals surface area contributed by atoms with Crippen molar-refractivity contribution < 1.29 is 9.53 Å². The molecule has 0 aromatic heterocycles. The summed E-state index contributed by atoms with van der Waals surface area (Å²) in [5.41, 5.74) is -0.633. The van der Waals surface area contributed by atoms with Gasteiger partial charge in [0, 0.05) is 19.1 Å². The van der Waals surface area contributed by atoms with Gasteiger partial charge in [0.1, 0.15) is 5.54 Å². The third-order valence-electron chi connectivity index (χ3n) is 4.12. The molecule has 0 saturated heterocycles. The zero-order valence-corrected chi connectivity index (χ0v) is 13.9. The molecule has 4 heteroatoms. The number of nitrogens with one attached hydrogen (secondary N) is 1. The largest absolute Gasteiger partial charge is 0.468 e. The first kappa shape index (κ1) is 17.4. The Morgan fingerprint density at radius 1 is 1.35 bits per heavy atom. The first-order valence-corrected chi connectivity index (χ1v) is 7.92. The van der Waals surface area contributed by atoms with Gasteiger partial charge < -0.3 is 9.64 Å². The van der Waals surface area contributed by atoms with Gasteiger partial charge in [-0.25, -0.2) is 0 Å². The predicted molar refractivity (Wildman–Crippen MR) is 82.8 cm³/mol. The van der Waals surface area contributed by atoms with Crippen LogP contribution in [0.15, 0.2) is 0 Å². The highest BCUT2D eigenvalue weighted by Crippen LogP contribution is 2.24. The first-order chi connectivity index (χ1) is 9.37. The van der Waals surface area contributed by atoms with E-state index in [0.29, 0.717) is 6.54 Å². The highest BCUT2D eigenvalue weighted by atomic mass is 16.5. The van der Waals surface area contributed by atoms with Crippen molar-refractivity contribution in [2.75, 3.05) is 27.2 Å². The fourth-order valence-corrected chi connectivity index (χ4v) is 3.45. The van der Waals surface area contributed by atoms with Crippen molar-refractivity contribution >= 4 is 5.97 Å². The lowest BCUT2D eigenvalue weighted by Gasteiger charge is -2.35. The van der Waals surface area contributed by atoms with Crippen LogP contribution in [0.2, 0.25) is 0 Å². The van der Waals surface area contributed by atoms with Gasteiger partial charge in [0.05, 0.1) is 7.11 Å². The average molecular weight is 284 g/mol. The molecule has 0 bridgehead atoms. The fourth-order valence-electron chi connectivity index (χ4n) is 3.45. The maximum atomic E-state index is 12.1. The van der Waals surface area contributed by atoms with E-state index in [1.54, 1.807) is 0 Å². The second-order valence-electron chi connectivity index (χ2n) is 6.82. The van der Waals surface area contributed by atoms with Crippen molar-refractivity contribution in [1.82, 2.24) is 10.2 Å². The van der Waals surface area contributed by atoms with Gasteiger partial charge in [0.25, 0.3) is 0 Å². The fraction of sp³-hybridized carbons (Fsp3) is 0.938. The normalized spacial score (nSPS) is 20.1. The van der Waals surface area contributed by atoms with Crippen LogP contribution in [0.1, 0.15) is 52.9 Å². The van der Waals surface area contributed by atoms with Crippen molar-refractivity contribution in [3.8, 4) is 0 Å². The third-order valence-corrected chi connectivity index (χ3v) is 4.12. The number of likely N-dealkylation sites (N-methyl/N-ethyl adjacent to an activating group) is 1. The molecule has 0 amide bonds. The molecule has 1 atom stereocenters. The summed E-state index contributed by atoms with van der Waals surface area (Å²) in [7, 11) is 3.57. The van der Waals surface area contributed by atoms with E-state index in [1.807, 2.05) is 6.92 Å². The summed E-state index contributed by atoms with van der Waals surface area (Å²) in [6.07, 6.45) is 6.76. The SMILES string of the molecule is COC(=O)C(C)(CN(C)CC1CCCCC1)NC(C)C. The van der Waals surface area contributed by atoms with Crippen molar-refractivity contribution in [3.63, 3.8) is 0 Å². The second-order valence-corrected chi connectivity index (χ2v) is 6.82. The van der Waals surface area contributed by atoms with Crippen LogP contribution in [-0.4, -0.2) is 49.7 Å². The van der Waals surface area contributed by atoms with Crippen LogP contribution in [0.25, 0.3) is 0 Å².